The summed E-state index contributed by atoms with van der Waals surface area (Å²) < 4.78 is 45.1. The average molecular weight is 303 g/mol. The quantitative estimate of drug-likeness (QED) is 0.926. The van der Waals surface area contributed by atoms with Crippen molar-refractivity contribution in [3.8, 4) is 5.75 Å². The van der Waals surface area contributed by atoms with Gasteiger partial charge in [-0.25, -0.2) is 0 Å². The van der Waals surface area contributed by atoms with E-state index < -0.39 is 11.9 Å². The van der Waals surface area contributed by atoms with Gasteiger partial charge < -0.3 is 15.2 Å². The Morgan fingerprint density at radius 1 is 1.24 bits per heavy atom. The lowest BCUT2D eigenvalue weighted by atomic mass is 9.84. The van der Waals surface area contributed by atoms with Crippen LogP contribution in [0.4, 0.5) is 13.2 Å². The molecule has 0 aromatic heterocycles. The number of Topliss-reactive ketones (excluding diaryl/α,β-unsaturated/α-hetero) is 1. The van der Waals surface area contributed by atoms with Gasteiger partial charge in [0.2, 0.25) is 0 Å². The van der Waals surface area contributed by atoms with Gasteiger partial charge >= 0.3 is 6.36 Å². The molecule has 7 heteroatoms. The van der Waals surface area contributed by atoms with E-state index >= 15 is 0 Å². The van der Waals surface area contributed by atoms with Gasteiger partial charge in [-0.2, -0.15) is 0 Å². The Labute approximate surface area is 120 Å². The molecule has 0 spiro atoms. The van der Waals surface area contributed by atoms with E-state index in [-0.39, 0.29) is 18.0 Å². The second-order valence-electron chi connectivity index (χ2n) is 5.06. The minimum absolute atomic E-state index is 0.0861. The number of halogens is 3. The Hall–Kier alpha value is -1.60. The topological polar surface area (TPSA) is 61.6 Å². The van der Waals surface area contributed by atoms with Gasteiger partial charge in [0.1, 0.15) is 5.75 Å². The van der Waals surface area contributed by atoms with Gasteiger partial charge in [0.25, 0.3) is 0 Å². The molecule has 1 fully saturated rings. The van der Waals surface area contributed by atoms with E-state index in [0.717, 1.165) is 0 Å². The highest BCUT2D eigenvalue weighted by Gasteiger charge is 2.35. The Morgan fingerprint density at radius 2 is 1.81 bits per heavy atom. The third-order valence-electron chi connectivity index (χ3n) is 3.46. The van der Waals surface area contributed by atoms with Crippen LogP contribution in [0.2, 0.25) is 0 Å². The number of ketones is 1. The van der Waals surface area contributed by atoms with Crippen molar-refractivity contribution in [1.82, 2.24) is 0 Å². The van der Waals surface area contributed by atoms with E-state index in [1.54, 1.807) is 0 Å². The maximum absolute atomic E-state index is 12.2. The van der Waals surface area contributed by atoms with Crippen LogP contribution < -0.4 is 10.5 Å². The molecule has 1 aromatic rings. The number of hydrogen-bond acceptors (Lipinski definition) is 4. The summed E-state index contributed by atoms with van der Waals surface area (Å²) in [5, 5.41) is 0. The molecule has 0 bridgehead atoms. The zero-order valence-electron chi connectivity index (χ0n) is 11.3. The fraction of sp³-hybridized carbons (Fsp3) is 0.500. The number of alkyl halides is 3. The van der Waals surface area contributed by atoms with Crippen LogP contribution in [0, 0.1) is 0 Å². The molecule has 116 valence electrons. The number of benzene rings is 1. The van der Waals surface area contributed by atoms with Crippen molar-refractivity contribution >= 4 is 5.78 Å². The Balaban J connectivity index is 1.98. The zero-order chi connectivity index (χ0) is 15.5. The highest BCUT2D eigenvalue weighted by molar-refractivity contribution is 5.90. The molecular formula is C14H16F3NO3. The first-order valence-electron chi connectivity index (χ1n) is 6.53. The number of carbonyl (C=O) groups excluding carboxylic acids is 1. The molecule has 0 unspecified atom stereocenters. The average Bonchev–Trinajstić information content (AvgIpc) is 2.40. The minimum Gasteiger partial charge on any atom is -0.406 e. The summed E-state index contributed by atoms with van der Waals surface area (Å²) in [6.07, 6.45) is -3.72. The predicted octanol–water partition coefficient (Wildman–Crippen LogP) is 2.20. The predicted molar refractivity (Wildman–Crippen MR) is 68.8 cm³/mol. The largest absolute Gasteiger partial charge is 0.573 e. The van der Waals surface area contributed by atoms with Gasteiger partial charge in [-0.3, -0.25) is 4.79 Å². The monoisotopic (exact) mass is 303 g/mol. The third-order valence-corrected chi connectivity index (χ3v) is 3.46. The molecule has 1 saturated heterocycles. The van der Waals surface area contributed by atoms with Gasteiger partial charge in [-0.05, 0) is 30.5 Å². The van der Waals surface area contributed by atoms with Crippen LogP contribution in [-0.2, 0) is 16.0 Å². The molecule has 21 heavy (non-hydrogen) atoms. The van der Waals surface area contributed by atoms with Crippen LogP contribution >= 0.6 is 0 Å². The van der Waals surface area contributed by atoms with E-state index in [1.165, 1.54) is 24.3 Å². The lowest BCUT2D eigenvalue weighted by molar-refractivity contribution is -0.274. The van der Waals surface area contributed by atoms with E-state index in [2.05, 4.69) is 4.74 Å². The Bertz CT molecular complexity index is 493. The van der Waals surface area contributed by atoms with Crippen molar-refractivity contribution < 1.29 is 27.4 Å². The highest BCUT2D eigenvalue weighted by Crippen LogP contribution is 2.24. The molecule has 2 N–H and O–H groups in total. The summed E-state index contributed by atoms with van der Waals surface area (Å²) in [5.74, 6) is -0.442. The van der Waals surface area contributed by atoms with Crippen molar-refractivity contribution in [3.63, 3.8) is 0 Å². The summed E-state index contributed by atoms with van der Waals surface area (Å²) in [4.78, 5) is 12.2. The van der Waals surface area contributed by atoms with Gasteiger partial charge in [-0.1, -0.05) is 12.1 Å². The van der Waals surface area contributed by atoms with Crippen LogP contribution in [0.15, 0.2) is 24.3 Å². The Kier molecular flexibility index (Phi) is 4.53. The van der Waals surface area contributed by atoms with Crippen molar-refractivity contribution in [1.29, 1.82) is 0 Å². The maximum atomic E-state index is 12.2. The first-order chi connectivity index (χ1) is 9.78. The molecule has 0 saturated carbocycles. The number of rotatable bonds is 4. The minimum atomic E-state index is -4.72. The van der Waals surface area contributed by atoms with Crippen LogP contribution in [0.5, 0.6) is 5.75 Å². The lowest BCUT2D eigenvalue weighted by Crippen LogP contribution is -2.52. The molecule has 1 aliphatic rings. The molecule has 0 aliphatic carbocycles. The summed E-state index contributed by atoms with van der Waals surface area (Å²) >= 11 is 0. The van der Waals surface area contributed by atoms with E-state index in [1.807, 2.05) is 0 Å². The highest BCUT2D eigenvalue weighted by atomic mass is 19.4. The van der Waals surface area contributed by atoms with Gasteiger partial charge in [0.05, 0.1) is 5.54 Å². The molecule has 1 aromatic carbocycles. The Morgan fingerprint density at radius 3 is 2.33 bits per heavy atom. The van der Waals surface area contributed by atoms with Crippen LogP contribution in [0.25, 0.3) is 0 Å². The van der Waals surface area contributed by atoms with E-state index in [9.17, 15) is 18.0 Å². The van der Waals surface area contributed by atoms with Crippen molar-refractivity contribution in [2.24, 2.45) is 5.73 Å². The molecule has 4 nitrogen and oxygen atoms in total. The number of ether oxygens (including phenoxy) is 2. The molecule has 0 amide bonds. The van der Waals surface area contributed by atoms with Crippen molar-refractivity contribution in [2.45, 2.75) is 31.2 Å². The normalized spacial score (nSPS) is 18.3. The van der Waals surface area contributed by atoms with E-state index in [0.29, 0.717) is 31.6 Å². The van der Waals surface area contributed by atoms with Crippen molar-refractivity contribution in [2.75, 3.05) is 13.2 Å². The van der Waals surface area contributed by atoms with Gasteiger partial charge in [0, 0.05) is 19.6 Å². The van der Waals surface area contributed by atoms with Gasteiger partial charge in [0.15, 0.2) is 5.78 Å². The summed E-state index contributed by atoms with van der Waals surface area (Å²) in [6, 6.07) is 5.23. The second-order valence-corrected chi connectivity index (χ2v) is 5.06. The molecule has 2 rings (SSSR count). The summed E-state index contributed by atoms with van der Waals surface area (Å²) in [7, 11) is 0. The van der Waals surface area contributed by atoms with Crippen LogP contribution in [0.1, 0.15) is 18.4 Å². The molecule has 1 heterocycles. The SMILES string of the molecule is NC1(C(=O)Cc2ccc(OC(F)(F)F)cc2)CCOCC1. The third kappa shape index (κ3) is 4.44. The summed E-state index contributed by atoms with van der Waals surface area (Å²) in [5.41, 5.74) is 5.76. The standard InChI is InChI=1S/C14H16F3NO3/c15-14(16,17)21-11-3-1-10(2-4-11)9-12(19)13(18)5-7-20-8-6-13/h1-4H,5-9,18H2. The molecular weight excluding hydrogens is 287 g/mol. The van der Waals surface area contributed by atoms with Gasteiger partial charge in [-0.15, -0.1) is 13.2 Å². The first kappa shape index (κ1) is 15.8. The number of carbonyl (C=O) groups is 1. The number of hydrogen-bond donors (Lipinski definition) is 1. The lowest BCUT2D eigenvalue weighted by Gasteiger charge is -2.31. The zero-order valence-corrected chi connectivity index (χ0v) is 11.3. The summed E-state index contributed by atoms with van der Waals surface area (Å²) in [6.45, 7) is 0.890. The van der Waals surface area contributed by atoms with Crippen LogP contribution in [0.3, 0.4) is 0 Å². The fourth-order valence-corrected chi connectivity index (χ4v) is 2.18. The molecule has 0 atom stereocenters. The van der Waals surface area contributed by atoms with E-state index in [4.69, 9.17) is 10.5 Å². The number of nitrogens with two attached hydrogens (primary N) is 1. The molecule has 1 aliphatic heterocycles. The molecule has 0 radical (unpaired) electrons. The first-order valence-corrected chi connectivity index (χ1v) is 6.53. The van der Waals surface area contributed by atoms with Crippen molar-refractivity contribution in [3.05, 3.63) is 29.8 Å². The van der Waals surface area contributed by atoms with Crippen LogP contribution in [-0.4, -0.2) is 30.9 Å². The fourth-order valence-electron chi connectivity index (χ4n) is 2.18. The maximum Gasteiger partial charge on any atom is 0.573 e. The smallest absolute Gasteiger partial charge is 0.406 e. The second kappa shape index (κ2) is 6.03.